The normalized spacial score (nSPS) is 22.1. The lowest BCUT2D eigenvalue weighted by molar-refractivity contribution is 0.0763. The monoisotopic (exact) mass is 437 g/mol. The van der Waals surface area contributed by atoms with Crippen molar-refractivity contribution in [2.24, 2.45) is 0 Å². The molecule has 9 nitrogen and oxygen atoms in total. The van der Waals surface area contributed by atoms with Gasteiger partial charge in [-0.1, -0.05) is 30.3 Å². The van der Waals surface area contributed by atoms with Crippen molar-refractivity contribution in [1.29, 1.82) is 0 Å². The average molecular weight is 437 g/mol. The zero-order valence-corrected chi connectivity index (χ0v) is 17.2. The summed E-state index contributed by atoms with van der Waals surface area (Å²) in [5, 5.41) is 0. The summed E-state index contributed by atoms with van der Waals surface area (Å²) in [6.45, 7) is 0.562. The van der Waals surface area contributed by atoms with Gasteiger partial charge in [0.05, 0.1) is 18.8 Å². The first-order valence-corrected chi connectivity index (χ1v) is 11.2. The summed E-state index contributed by atoms with van der Waals surface area (Å²) in [5.41, 5.74) is 1.05. The molecule has 4 heterocycles. The molecule has 1 saturated heterocycles. The van der Waals surface area contributed by atoms with Gasteiger partial charge in [-0.05, 0) is 17.7 Å². The van der Waals surface area contributed by atoms with Crippen LogP contribution in [-0.2, 0) is 16.6 Å². The molecule has 3 aromatic rings. The molecule has 0 aliphatic carbocycles. The summed E-state index contributed by atoms with van der Waals surface area (Å²) in [4.78, 5) is 26.7. The molecule has 2 aromatic heterocycles. The Morgan fingerprint density at radius 3 is 2.65 bits per heavy atom. The maximum Gasteiger partial charge on any atom is 0.274 e. The number of carbonyl (C=O) groups excluding carboxylic acids is 1. The highest BCUT2D eigenvalue weighted by Gasteiger charge is 2.48. The van der Waals surface area contributed by atoms with E-state index in [1.54, 1.807) is 11.0 Å². The van der Waals surface area contributed by atoms with E-state index in [9.17, 15) is 13.2 Å². The van der Waals surface area contributed by atoms with E-state index >= 15 is 0 Å². The van der Waals surface area contributed by atoms with E-state index in [-0.39, 0.29) is 42.0 Å². The van der Waals surface area contributed by atoms with Crippen LogP contribution in [0.25, 0.3) is 0 Å². The standard InChI is InChI=1S/C21H19N5O4S/c27-21(16-11-22-9-10-23-16)25-13-17-18(14-25)30-20-19(7-4-8-24-20)31(28,29)26(17)12-15-5-2-1-3-6-15/h1-11,17-18H,12-14H2/t17-,18+/m1/s1. The topological polar surface area (TPSA) is 106 Å². The number of benzene rings is 1. The zero-order chi connectivity index (χ0) is 21.4. The third-order valence-corrected chi connectivity index (χ3v) is 7.33. The van der Waals surface area contributed by atoms with Crippen molar-refractivity contribution < 1.29 is 17.9 Å². The van der Waals surface area contributed by atoms with Crippen LogP contribution in [0.3, 0.4) is 0 Å². The molecule has 158 valence electrons. The Morgan fingerprint density at radius 1 is 1.03 bits per heavy atom. The molecule has 0 bridgehead atoms. The Labute approximate surface area is 179 Å². The predicted molar refractivity (Wildman–Crippen MR) is 110 cm³/mol. The fourth-order valence-electron chi connectivity index (χ4n) is 3.96. The minimum Gasteiger partial charge on any atom is -0.470 e. The second kappa shape index (κ2) is 7.71. The Morgan fingerprint density at radius 2 is 1.87 bits per heavy atom. The van der Waals surface area contributed by atoms with Crippen molar-refractivity contribution in [3.05, 3.63) is 78.5 Å². The first-order chi connectivity index (χ1) is 15.0. The molecule has 1 fully saturated rings. The maximum absolute atomic E-state index is 13.6. The summed E-state index contributed by atoms with van der Waals surface area (Å²) in [6, 6.07) is 11.9. The Bertz CT molecular complexity index is 1210. The largest absolute Gasteiger partial charge is 0.470 e. The van der Waals surface area contributed by atoms with Crippen LogP contribution in [0.2, 0.25) is 0 Å². The van der Waals surface area contributed by atoms with E-state index < -0.39 is 22.2 Å². The molecule has 0 N–H and O–H groups in total. The molecule has 5 rings (SSSR count). The third kappa shape index (κ3) is 3.53. The number of carbonyl (C=O) groups is 1. The highest BCUT2D eigenvalue weighted by Crippen LogP contribution is 2.36. The number of ether oxygens (including phenoxy) is 1. The first kappa shape index (κ1) is 19.6. The fraction of sp³-hybridized carbons (Fsp3) is 0.238. The van der Waals surface area contributed by atoms with Crippen molar-refractivity contribution in [2.45, 2.75) is 23.6 Å². The molecule has 1 aromatic carbocycles. The van der Waals surface area contributed by atoms with Gasteiger partial charge >= 0.3 is 0 Å². The van der Waals surface area contributed by atoms with Gasteiger partial charge in [0.25, 0.3) is 5.91 Å². The van der Waals surface area contributed by atoms with E-state index in [2.05, 4.69) is 15.0 Å². The number of nitrogens with zero attached hydrogens (tertiary/aromatic N) is 5. The summed E-state index contributed by atoms with van der Waals surface area (Å²) < 4.78 is 34.7. The van der Waals surface area contributed by atoms with Crippen LogP contribution < -0.4 is 4.74 Å². The van der Waals surface area contributed by atoms with Gasteiger partial charge < -0.3 is 9.64 Å². The van der Waals surface area contributed by atoms with Gasteiger partial charge in [-0.2, -0.15) is 4.31 Å². The van der Waals surface area contributed by atoms with E-state index in [4.69, 9.17) is 4.74 Å². The minimum atomic E-state index is -3.91. The van der Waals surface area contributed by atoms with Crippen LogP contribution in [0.15, 0.2) is 72.1 Å². The smallest absolute Gasteiger partial charge is 0.274 e. The van der Waals surface area contributed by atoms with Crippen LogP contribution >= 0.6 is 0 Å². The lowest BCUT2D eigenvalue weighted by Gasteiger charge is -2.28. The number of hydrogen-bond donors (Lipinski definition) is 0. The molecule has 1 amide bonds. The predicted octanol–water partition coefficient (Wildman–Crippen LogP) is 1.35. The van der Waals surface area contributed by atoms with Gasteiger partial charge in [0.2, 0.25) is 15.9 Å². The lowest BCUT2D eigenvalue weighted by Crippen LogP contribution is -2.46. The number of sulfonamides is 1. The minimum absolute atomic E-state index is 0.0344. The molecule has 0 unspecified atom stereocenters. The molecule has 0 radical (unpaired) electrons. The molecule has 2 atom stereocenters. The molecule has 31 heavy (non-hydrogen) atoms. The number of hydrogen-bond acceptors (Lipinski definition) is 7. The quantitative estimate of drug-likeness (QED) is 0.609. The lowest BCUT2D eigenvalue weighted by atomic mass is 10.1. The van der Waals surface area contributed by atoms with Crippen molar-refractivity contribution in [2.75, 3.05) is 13.1 Å². The van der Waals surface area contributed by atoms with Crippen LogP contribution in [-0.4, -0.2) is 63.7 Å². The maximum atomic E-state index is 13.6. The molecule has 10 heteroatoms. The van der Waals surface area contributed by atoms with E-state index in [0.29, 0.717) is 0 Å². The van der Waals surface area contributed by atoms with Crippen molar-refractivity contribution >= 4 is 15.9 Å². The molecule has 0 spiro atoms. The molecular weight excluding hydrogens is 418 g/mol. The van der Waals surface area contributed by atoms with Crippen LogP contribution in [0.4, 0.5) is 0 Å². The fourth-order valence-corrected chi connectivity index (χ4v) is 5.66. The third-order valence-electron chi connectivity index (χ3n) is 5.44. The number of rotatable bonds is 3. The van der Waals surface area contributed by atoms with Gasteiger partial charge in [0.1, 0.15) is 16.7 Å². The number of pyridine rings is 1. The number of likely N-dealkylation sites (tertiary alicyclic amines) is 1. The highest BCUT2D eigenvalue weighted by molar-refractivity contribution is 7.89. The molecule has 2 aliphatic heterocycles. The Kier molecular flexibility index (Phi) is 4.87. The zero-order valence-electron chi connectivity index (χ0n) is 16.4. The summed E-state index contributed by atoms with van der Waals surface area (Å²) >= 11 is 0. The van der Waals surface area contributed by atoms with Gasteiger partial charge in [-0.3, -0.25) is 9.78 Å². The van der Waals surface area contributed by atoms with Crippen molar-refractivity contribution in [3.63, 3.8) is 0 Å². The van der Waals surface area contributed by atoms with Gasteiger partial charge in [-0.15, -0.1) is 0 Å². The van der Waals surface area contributed by atoms with E-state index in [1.165, 1.54) is 35.2 Å². The average Bonchev–Trinajstić information content (AvgIpc) is 3.18. The second-order valence-electron chi connectivity index (χ2n) is 7.37. The molecule has 2 aliphatic rings. The summed E-state index contributed by atoms with van der Waals surface area (Å²) in [6.07, 6.45) is 5.27. The number of amides is 1. The van der Waals surface area contributed by atoms with E-state index in [1.807, 2.05) is 30.3 Å². The Hall–Kier alpha value is -3.37. The summed E-state index contributed by atoms with van der Waals surface area (Å²) in [5.74, 6) is -0.259. The van der Waals surface area contributed by atoms with Crippen LogP contribution in [0, 0.1) is 0 Å². The second-order valence-corrected chi connectivity index (χ2v) is 9.23. The molecule has 0 saturated carbocycles. The summed E-state index contributed by atoms with van der Waals surface area (Å²) in [7, 11) is -3.91. The van der Waals surface area contributed by atoms with Gasteiger partial charge in [0, 0.05) is 31.7 Å². The van der Waals surface area contributed by atoms with Gasteiger partial charge in [-0.25, -0.2) is 18.4 Å². The van der Waals surface area contributed by atoms with Crippen molar-refractivity contribution in [1.82, 2.24) is 24.2 Å². The van der Waals surface area contributed by atoms with Crippen LogP contribution in [0.1, 0.15) is 16.1 Å². The first-order valence-electron chi connectivity index (χ1n) is 9.77. The van der Waals surface area contributed by atoms with Crippen LogP contribution in [0.5, 0.6) is 5.88 Å². The molecular formula is C21H19N5O4S. The SMILES string of the molecule is O=C(c1cnccn1)N1C[C@@H]2Oc3ncccc3S(=O)(=O)N(Cc3ccccc3)[C@@H]2C1. The van der Waals surface area contributed by atoms with E-state index in [0.717, 1.165) is 5.56 Å². The van der Waals surface area contributed by atoms with Crippen molar-refractivity contribution in [3.8, 4) is 5.88 Å². The highest BCUT2D eigenvalue weighted by atomic mass is 32.2. The van der Waals surface area contributed by atoms with Gasteiger partial charge in [0.15, 0.2) is 0 Å². The Balaban J connectivity index is 1.54. The number of aromatic nitrogens is 3. The number of fused-ring (bicyclic) bond motifs is 2.